The molecule has 2 aliphatic rings. The Morgan fingerprint density at radius 1 is 1.26 bits per heavy atom. The first-order chi connectivity index (χ1) is 10.9. The van der Waals surface area contributed by atoms with Gasteiger partial charge >= 0.3 is 0 Å². The average molecular weight is 344 g/mol. The maximum atomic E-state index is 12.5. The van der Waals surface area contributed by atoms with Gasteiger partial charge in [0.15, 0.2) is 0 Å². The molecule has 1 aromatic heterocycles. The van der Waals surface area contributed by atoms with Crippen LogP contribution in [0.4, 0.5) is 0 Å². The first kappa shape index (κ1) is 16.4. The fraction of sp³-hybridized carbons (Fsp3) is 0.643. The van der Waals surface area contributed by atoms with E-state index >= 15 is 0 Å². The van der Waals surface area contributed by atoms with E-state index < -0.39 is 15.6 Å². The lowest BCUT2D eigenvalue weighted by atomic mass is 10.0. The van der Waals surface area contributed by atoms with Crippen molar-refractivity contribution in [3.63, 3.8) is 0 Å². The van der Waals surface area contributed by atoms with Crippen LogP contribution in [-0.4, -0.2) is 81.4 Å². The van der Waals surface area contributed by atoms with E-state index in [-0.39, 0.29) is 25.6 Å². The number of amides is 1. The van der Waals surface area contributed by atoms with Gasteiger partial charge in [-0.15, -0.1) is 0 Å². The molecule has 0 bridgehead atoms. The molecule has 1 spiro atoms. The third-order valence-electron chi connectivity index (χ3n) is 4.09. The van der Waals surface area contributed by atoms with Gasteiger partial charge in [0.05, 0.1) is 44.4 Å². The van der Waals surface area contributed by atoms with E-state index in [9.17, 15) is 13.2 Å². The molecule has 0 aliphatic carbocycles. The lowest BCUT2D eigenvalue weighted by molar-refractivity contribution is -0.129. The molecule has 2 fully saturated rings. The van der Waals surface area contributed by atoms with Crippen LogP contribution in [0.5, 0.6) is 0 Å². The first-order valence-electron chi connectivity index (χ1n) is 7.38. The Bertz CT molecular complexity index is 659. The smallest absolute Gasteiger partial charge is 0.257 e. The van der Waals surface area contributed by atoms with Crippen LogP contribution in [0, 0.1) is 0 Å². The molecule has 9 heteroatoms. The number of rotatable bonds is 2. The van der Waals surface area contributed by atoms with E-state index in [1.54, 1.807) is 11.0 Å². The van der Waals surface area contributed by atoms with Crippen molar-refractivity contribution in [1.82, 2.24) is 9.21 Å². The molecule has 1 amide bonds. The summed E-state index contributed by atoms with van der Waals surface area (Å²) in [5.74, 6) is -0.156. The summed E-state index contributed by atoms with van der Waals surface area (Å²) in [6, 6.07) is 1.61. The van der Waals surface area contributed by atoms with Gasteiger partial charge < -0.3 is 18.8 Å². The Balaban J connectivity index is 1.79. The molecule has 0 saturated carbocycles. The van der Waals surface area contributed by atoms with Gasteiger partial charge in [-0.3, -0.25) is 4.79 Å². The maximum absolute atomic E-state index is 12.5. The minimum Gasteiger partial charge on any atom is -0.472 e. The van der Waals surface area contributed by atoms with Crippen LogP contribution in [0.2, 0.25) is 0 Å². The van der Waals surface area contributed by atoms with Gasteiger partial charge in [0, 0.05) is 19.6 Å². The molecule has 2 saturated heterocycles. The van der Waals surface area contributed by atoms with Gasteiger partial charge in [-0.1, -0.05) is 0 Å². The molecule has 3 heterocycles. The number of hydrogen-bond acceptors (Lipinski definition) is 6. The van der Waals surface area contributed by atoms with Crippen molar-refractivity contribution in [1.29, 1.82) is 0 Å². The van der Waals surface area contributed by atoms with Crippen molar-refractivity contribution in [3.05, 3.63) is 24.2 Å². The highest BCUT2D eigenvalue weighted by molar-refractivity contribution is 7.88. The summed E-state index contributed by atoms with van der Waals surface area (Å²) in [4.78, 5) is 14.1. The van der Waals surface area contributed by atoms with Gasteiger partial charge in [-0.25, -0.2) is 8.42 Å². The fourth-order valence-electron chi connectivity index (χ4n) is 2.92. The Kier molecular flexibility index (Phi) is 4.45. The van der Waals surface area contributed by atoms with Gasteiger partial charge in [-0.05, 0) is 6.07 Å². The van der Waals surface area contributed by atoms with E-state index in [0.29, 0.717) is 31.9 Å². The highest BCUT2D eigenvalue weighted by atomic mass is 32.2. The van der Waals surface area contributed by atoms with Gasteiger partial charge in [-0.2, -0.15) is 4.31 Å². The lowest BCUT2D eigenvalue weighted by Gasteiger charge is -2.42. The molecule has 23 heavy (non-hydrogen) atoms. The van der Waals surface area contributed by atoms with Crippen molar-refractivity contribution in [2.45, 2.75) is 5.60 Å². The van der Waals surface area contributed by atoms with E-state index in [1.165, 1.54) is 23.1 Å². The van der Waals surface area contributed by atoms with Crippen LogP contribution in [0.1, 0.15) is 10.4 Å². The van der Waals surface area contributed by atoms with Gasteiger partial charge in [0.2, 0.25) is 10.0 Å². The second-order valence-electron chi connectivity index (χ2n) is 5.92. The van der Waals surface area contributed by atoms with Crippen LogP contribution in [0.15, 0.2) is 23.0 Å². The number of morpholine rings is 1. The Labute approximate surface area is 135 Å². The summed E-state index contributed by atoms with van der Waals surface area (Å²) < 4.78 is 41.5. The number of sulfonamides is 1. The molecular weight excluding hydrogens is 324 g/mol. The largest absolute Gasteiger partial charge is 0.472 e. The normalized spacial score (nSPS) is 27.1. The number of furan rings is 1. The molecule has 0 unspecified atom stereocenters. The number of nitrogens with zero attached hydrogens (tertiary/aromatic N) is 2. The summed E-state index contributed by atoms with van der Waals surface area (Å²) in [6.07, 6.45) is 4.02. The maximum Gasteiger partial charge on any atom is 0.257 e. The van der Waals surface area contributed by atoms with Crippen molar-refractivity contribution in [2.75, 3.05) is 52.3 Å². The zero-order valence-corrected chi connectivity index (χ0v) is 13.8. The highest BCUT2D eigenvalue weighted by Crippen LogP contribution is 2.25. The summed E-state index contributed by atoms with van der Waals surface area (Å²) in [7, 11) is -3.35. The third kappa shape index (κ3) is 3.57. The van der Waals surface area contributed by atoms with Crippen molar-refractivity contribution < 1.29 is 27.1 Å². The average Bonchev–Trinajstić information content (AvgIpc) is 2.95. The van der Waals surface area contributed by atoms with E-state index in [4.69, 9.17) is 13.9 Å². The number of ether oxygens (including phenoxy) is 2. The SMILES string of the molecule is CS(=O)(=O)N1CCOC[C@@]2(CN(C(=O)c3ccoc3)CCO2)C1. The van der Waals surface area contributed by atoms with Crippen LogP contribution < -0.4 is 0 Å². The molecule has 128 valence electrons. The second kappa shape index (κ2) is 6.23. The van der Waals surface area contributed by atoms with Crippen molar-refractivity contribution >= 4 is 15.9 Å². The molecule has 0 aromatic carbocycles. The second-order valence-corrected chi connectivity index (χ2v) is 7.90. The summed E-state index contributed by atoms with van der Waals surface area (Å²) in [5.41, 5.74) is -0.367. The Morgan fingerprint density at radius 2 is 2.09 bits per heavy atom. The van der Waals surface area contributed by atoms with Gasteiger partial charge in [0.25, 0.3) is 5.91 Å². The lowest BCUT2D eigenvalue weighted by Crippen LogP contribution is -2.60. The quantitative estimate of drug-likeness (QED) is 0.737. The standard InChI is InChI=1S/C14H20N2O6S/c1-23(18,19)16-4-6-21-11-14(10-16)9-15(3-7-22-14)13(17)12-2-5-20-8-12/h2,5,8H,3-4,6-7,9-11H2,1H3/t14-/m1/s1. The Hall–Kier alpha value is -1.42. The number of carbonyl (C=O) groups excluding carboxylic acids is 1. The molecule has 8 nitrogen and oxygen atoms in total. The highest BCUT2D eigenvalue weighted by Gasteiger charge is 2.43. The molecule has 3 rings (SSSR count). The predicted octanol–water partition coefficient (Wildman–Crippen LogP) is -0.217. The fourth-order valence-corrected chi connectivity index (χ4v) is 3.80. The summed E-state index contributed by atoms with van der Waals surface area (Å²) in [6.45, 7) is 2.11. The van der Waals surface area contributed by atoms with E-state index in [2.05, 4.69) is 0 Å². The van der Waals surface area contributed by atoms with Crippen LogP contribution in [0.25, 0.3) is 0 Å². The number of carbonyl (C=O) groups is 1. The van der Waals surface area contributed by atoms with Crippen LogP contribution in [-0.2, 0) is 19.5 Å². The summed E-state index contributed by atoms with van der Waals surface area (Å²) in [5, 5.41) is 0. The number of hydrogen-bond donors (Lipinski definition) is 0. The van der Waals surface area contributed by atoms with Gasteiger partial charge in [0.1, 0.15) is 11.9 Å². The minimum atomic E-state index is -3.35. The predicted molar refractivity (Wildman–Crippen MR) is 80.5 cm³/mol. The van der Waals surface area contributed by atoms with Crippen molar-refractivity contribution in [3.8, 4) is 0 Å². The molecule has 1 aromatic rings. The first-order valence-corrected chi connectivity index (χ1v) is 9.23. The van der Waals surface area contributed by atoms with Crippen LogP contribution >= 0.6 is 0 Å². The molecular formula is C14H20N2O6S. The molecule has 2 aliphatic heterocycles. The Morgan fingerprint density at radius 3 is 2.78 bits per heavy atom. The topological polar surface area (TPSA) is 89.3 Å². The minimum absolute atomic E-state index is 0.156. The molecule has 1 atom stereocenters. The van der Waals surface area contributed by atoms with E-state index in [1.807, 2.05) is 0 Å². The third-order valence-corrected chi connectivity index (χ3v) is 5.34. The zero-order valence-electron chi connectivity index (χ0n) is 12.9. The van der Waals surface area contributed by atoms with Crippen molar-refractivity contribution in [2.24, 2.45) is 0 Å². The zero-order chi connectivity index (χ0) is 16.5. The van der Waals surface area contributed by atoms with Crippen LogP contribution in [0.3, 0.4) is 0 Å². The monoisotopic (exact) mass is 344 g/mol. The molecule has 0 radical (unpaired) electrons. The molecule has 0 N–H and O–H groups in total. The summed E-state index contributed by atoms with van der Waals surface area (Å²) >= 11 is 0. The van der Waals surface area contributed by atoms with E-state index in [0.717, 1.165) is 0 Å².